The van der Waals surface area contributed by atoms with Gasteiger partial charge in [-0.2, -0.15) is 8.42 Å². The quantitative estimate of drug-likeness (QED) is 0.661. The Balaban J connectivity index is 1.76. The summed E-state index contributed by atoms with van der Waals surface area (Å²) in [5, 5.41) is 0. The molecule has 2 aliphatic rings. The van der Waals surface area contributed by atoms with Gasteiger partial charge in [0.2, 0.25) is 5.91 Å². The second-order valence-electron chi connectivity index (χ2n) is 8.60. The Kier molecular flexibility index (Phi) is 7.57. The normalized spacial score (nSPS) is 19.9. The minimum absolute atomic E-state index is 0.0371. The smallest absolute Gasteiger partial charge is 0.285 e. The summed E-state index contributed by atoms with van der Waals surface area (Å²) in [7, 11) is -3.73. The van der Waals surface area contributed by atoms with E-state index >= 15 is 0 Å². The lowest BCUT2D eigenvalue weighted by Crippen LogP contribution is -2.39. The summed E-state index contributed by atoms with van der Waals surface area (Å²) in [5.41, 5.74) is 2.55. The van der Waals surface area contributed by atoms with E-state index in [4.69, 9.17) is 0 Å². The van der Waals surface area contributed by atoms with Gasteiger partial charge >= 0.3 is 0 Å². The highest BCUT2D eigenvalue weighted by atomic mass is 32.2. The molecule has 0 radical (unpaired) electrons. The van der Waals surface area contributed by atoms with E-state index in [1.807, 2.05) is 47.9 Å². The number of aryl methyl sites for hydroxylation is 1. The van der Waals surface area contributed by atoms with Crippen LogP contribution in [0.5, 0.6) is 0 Å². The van der Waals surface area contributed by atoms with Crippen molar-refractivity contribution in [2.75, 3.05) is 26.2 Å². The van der Waals surface area contributed by atoms with Crippen LogP contribution in [0.4, 0.5) is 0 Å². The number of hydrogen-bond acceptors (Lipinski definition) is 4. The molecule has 0 aromatic heterocycles. The molecule has 3 rings (SSSR count). The van der Waals surface area contributed by atoms with Crippen molar-refractivity contribution >= 4 is 26.7 Å². The van der Waals surface area contributed by atoms with Gasteiger partial charge in [-0.15, -0.1) is 4.40 Å². The molecule has 7 heteroatoms. The Hall–Kier alpha value is -2.15. The minimum Gasteiger partial charge on any atom is -0.354 e. The third-order valence-corrected chi connectivity index (χ3v) is 7.76. The average molecular weight is 446 g/mol. The summed E-state index contributed by atoms with van der Waals surface area (Å²) in [6.07, 6.45) is 4.79. The van der Waals surface area contributed by atoms with E-state index in [-0.39, 0.29) is 11.8 Å². The number of benzene rings is 1. The SMILES string of the molecule is CCCCC(C)C(=O)N1CCCN(C2=NS(=O)(=O)C(c3ccc(CC)cc3)=C2C)CC1. The van der Waals surface area contributed by atoms with Crippen LogP contribution in [0.15, 0.2) is 34.2 Å². The Morgan fingerprint density at radius 2 is 1.81 bits per heavy atom. The van der Waals surface area contributed by atoms with Crippen molar-refractivity contribution in [1.82, 2.24) is 9.80 Å². The monoisotopic (exact) mass is 445 g/mol. The number of carbonyl (C=O) groups is 1. The number of hydrogen-bond donors (Lipinski definition) is 0. The first-order valence-electron chi connectivity index (χ1n) is 11.5. The van der Waals surface area contributed by atoms with Gasteiger partial charge < -0.3 is 9.80 Å². The predicted molar refractivity (Wildman–Crippen MR) is 126 cm³/mol. The summed E-state index contributed by atoms with van der Waals surface area (Å²) in [5.74, 6) is 0.776. The fourth-order valence-corrected chi connectivity index (χ4v) is 5.85. The van der Waals surface area contributed by atoms with Crippen LogP contribution in [0.2, 0.25) is 0 Å². The molecule has 1 aromatic rings. The largest absolute Gasteiger partial charge is 0.354 e. The van der Waals surface area contributed by atoms with E-state index in [9.17, 15) is 13.2 Å². The molecule has 1 saturated heterocycles. The Morgan fingerprint density at radius 3 is 2.45 bits per heavy atom. The zero-order valence-electron chi connectivity index (χ0n) is 19.2. The maximum absolute atomic E-state index is 12.9. The van der Waals surface area contributed by atoms with E-state index in [1.54, 1.807) is 0 Å². The first-order chi connectivity index (χ1) is 14.8. The highest BCUT2D eigenvalue weighted by Crippen LogP contribution is 2.34. The molecule has 2 aliphatic heterocycles. The summed E-state index contributed by atoms with van der Waals surface area (Å²) in [6.45, 7) is 10.7. The Bertz CT molecular complexity index is 964. The van der Waals surface area contributed by atoms with Crippen LogP contribution in [0.25, 0.3) is 4.91 Å². The first-order valence-corrected chi connectivity index (χ1v) is 12.9. The van der Waals surface area contributed by atoms with Gasteiger partial charge in [-0.3, -0.25) is 4.79 Å². The number of unbranched alkanes of at least 4 members (excludes halogenated alkanes) is 1. The molecular formula is C24H35N3O3S. The Labute approximate surface area is 187 Å². The molecule has 2 heterocycles. The van der Waals surface area contributed by atoms with E-state index in [0.717, 1.165) is 32.1 Å². The van der Waals surface area contributed by atoms with E-state index in [0.29, 0.717) is 48.1 Å². The molecular weight excluding hydrogens is 410 g/mol. The lowest BCUT2D eigenvalue weighted by molar-refractivity contribution is -0.135. The molecule has 0 spiro atoms. The van der Waals surface area contributed by atoms with Crippen molar-refractivity contribution in [2.45, 2.75) is 59.8 Å². The zero-order valence-corrected chi connectivity index (χ0v) is 20.0. The third kappa shape index (κ3) is 5.20. The molecule has 0 saturated carbocycles. The van der Waals surface area contributed by atoms with Gasteiger partial charge in [-0.1, -0.05) is 57.9 Å². The van der Waals surface area contributed by atoms with Crippen molar-refractivity contribution in [3.05, 3.63) is 41.0 Å². The predicted octanol–water partition coefficient (Wildman–Crippen LogP) is 4.08. The van der Waals surface area contributed by atoms with Gasteiger partial charge in [-0.25, -0.2) is 0 Å². The van der Waals surface area contributed by atoms with E-state index in [1.165, 1.54) is 5.56 Å². The number of rotatable bonds is 6. The Morgan fingerprint density at radius 1 is 1.10 bits per heavy atom. The van der Waals surface area contributed by atoms with Gasteiger partial charge in [0.05, 0.1) is 0 Å². The molecule has 0 bridgehead atoms. The van der Waals surface area contributed by atoms with Crippen LogP contribution in [0.3, 0.4) is 0 Å². The fraction of sp³-hybridized carbons (Fsp3) is 0.583. The topological polar surface area (TPSA) is 70.1 Å². The van der Waals surface area contributed by atoms with Crippen LogP contribution in [-0.2, 0) is 21.2 Å². The average Bonchev–Trinajstić information content (AvgIpc) is 2.91. The highest BCUT2D eigenvalue weighted by Gasteiger charge is 2.34. The minimum atomic E-state index is -3.73. The molecule has 1 aromatic carbocycles. The number of amidine groups is 1. The molecule has 31 heavy (non-hydrogen) atoms. The van der Waals surface area contributed by atoms with Crippen molar-refractivity contribution in [2.24, 2.45) is 10.3 Å². The van der Waals surface area contributed by atoms with Gasteiger partial charge in [0.1, 0.15) is 10.7 Å². The molecule has 1 amide bonds. The molecule has 1 unspecified atom stereocenters. The van der Waals surface area contributed by atoms with Crippen LogP contribution < -0.4 is 0 Å². The van der Waals surface area contributed by atoms with Crippen LogP contribution in [0, 0.1) is 5.92 Å². The number of nitrogens with zero attached hydrogens (tertiary/aromatic N) is 3. The molecule has 6 nitrogen and oxygen atoms in total. The first kappa shape index (κ1) is 23.5. The molecule has 170 valence electrons. The summed E-state index contributed by atoms with van der Waals surface area (Å²) in [4.78, 5) is 17.1. The number of carbonyl (C=O) groups excluding carboxylic acids is 1. The second-order valence-corrected chi connectivity index (χ2v) is 10.1. The molecule has 0 N–H and O–H groups in total. The van der Waals surface area contributed by atoms with Crippen molar-refractivity contribution in [3.8, 4) is 0 Å². The maximum Gasteiger partial charge on any atom is 0.285 e. The van der Waals surface area contributed by atoms with E-state index < -0.39 is 10.0 Å². The van der Waals surface area contributed by atoms with Crippen LogP contribution >= 0.6 is 0 Å². The standard InChI is InChI=1S/C24H35N3O3S/c1-5-7-9-18(3)24(28)27-15-8-14-26(16-17-27)23-19(4)22(31(29,30)25-23)21-12-10-20(6-2)11-13-21/h10-13,18H,5-9,14-17H2,1-4H3. The van der Waals surface area contributed by atoms with Crippen LogP contribution in [-0.4, -0.2) is 56.1 Å². The van der Waals surface area contributed by atoms with Gasteiger partial charge in [0.25, 0.3) is 10.0 Å². The van der Waals surface area contributed by atoms with Gasteiger partial charge in [-0.05, 0) is 37.3 Å². The summed E-state index contributed by atoms with van der Waals surface area (Å²) >= 11 is 0. The van der Waals surface area contributed by atoms with Crippen molar-refractivity contribution in [1.29, 1.82) is 0 Å². The molecule has 1 fully saturated rings. The zero-order chi connectivity index (χ0) is 22.6. The van der Waals surface area contributed by atoms with Crippen molar-refractivity contribution in [3.63, 3.8) is 0 Å². The lowest BCUT2D eigenvalue weighted by atomic mass is 10.0. The summed E-state index contributed by atoms with van der Waals surface area (Å²) < 4.78 is 29.9. The van der Waals surface area contributed by atoms with Crippen LogP contribution in [0.1, 0.15) is 64.5 Å². The molecule has 0 aliphatic carbocycles. The van der Waals surface area contributed by atoms with Gasteiger partial charge in [0.15, 0.2) is 0 Å². The summed E-state index contributed by atoms with van der Waals surface area (Å²) in [6, 6.07) is 7.68. The van der Waals surface area contributed by atoms with E-state index in [2.05, 4.69) is 18.2 Å². The third-order valence-electron chi connectivity index (χ3n) is 6.28. The highest BCUT2D eigenvalue weighted by molar-refractivity contribution is 8.00. The maximum atomic E-state index is 12.9. The fourth-order valence-electron chi connectivity index (χ4n) is 4.37. The number of amides is 1. The molecule has 1 atom stereocenters. The lowest BCUT2D eigenvalue weighted by Gasteiger charge is -2.25. The van der Waals surface area contributed by atoms with Gasteiger partial charge in [0, 0.05) is 37.7 Å². The second kappa shape index (κ2) is 9.98. The van der Waals surface area contributed by atoms with Crippen molar-refractivity contribution < 1.29 is 13.2 Å². The number of sulfonamides is 1.